The highest BCUT2D eigenvalue weighted by Gasteiger charge is 2.14. The number of rotatable bonds is 8. The molecule has 0 aliphatic carbocycles. The third-order valence-electron chi connectivity index (χ3n) is 2.31. The normalized spacial score (nSPS) is 11.1. The summed E-state index contributed by atoms with van der Waals surface area (Å²) in [7, 11) is -1.57. The Hall–Kier alpha value is -0.353. The Morgan fingerprint density at radius 3 is 2.29 bits per heavy atom. The molecule has 0 aliphatic heterocycles. The minimum atomic E-state index is -1.57. The fourth-order valence-corrected chi connectivity index (χ4v) is 3.70. The molecule has 4 heteroatoms. The van der Waals surface area contributed by atoms with Gasteiger partial charge in [-0.2, -0.15) is 0 Å². The van der Waals surface area contributed by atoms with E-state index in [9.17, 15) is 0 Å². The smallest absolute Gasteiger partial charge is 0.325 e. The molecule has 0 fully saturated rings. The molecule has 1 aromatic rings. The van der Waals surface area contributed by atoms with E-state index in [1.165, 1.54) is 5.56 Å². The van der Waals surface area contributed by atoms with Crippen LogP contribution in [0, 0.1) is 0 Å². The molecule has 1 rings (SSSR count). The maximum absolute atomic E-state index is 5.97. The Morgan fingerprint density at radius 1 is 1.12 bits per heavy atom. The first-order valence-electron chi connectivity index (χ1n) is 6.24. The molecule has 0 radical (unpaired) electrons. The van der Waals surface area contributed by atoms with Crippen LogP contribution in [-0.2, 0) is 14.9 Å². The summed E-state index contributed by atoms with van der Waals surface area (Å²) < 4.78 is 11.6. The van der Waals surface area contributed by atoms with Crippen LogP contribution >= 0.6 is 11.6 Å². The van der Waals surface area contributed by atoms with Crippen LogP contribution in [0.25, 0.3) is 0 Å². The monoisotopic (exact) mass is 272 g/mol. The lowest BCUT2D eigenvalue weighted by molar-refractivity contribution is 0.196. The van der Waals surface area contributed by atoms with E-state index in [1.807, 2.05) is 18.2 Å². The van der Waals surface area contributed by atoms with E-state index in [1.54, 1.807) is 0 Å². The molecule has 0 heterocycles. The van der Waals surface area contributed by atoms with Crippen molar-refractivity contribution in [1.82, 2.24) is 0 Å². The molecule has 0 unspecified atom stereocenters. The molecule has 0 spiro atoms. The van der Waals surface area contributed by atoms with Crippen molar-refractivity contribution in [2.75, 3.05) is 13.2 Å². The van der Waals surface area contributed by atoms with E-state index in [2.05, 4.69) is 19.9 Å². The largest absolute Gasteiger partial charge is 0.396 e. The van der Waals surface area contributed by atoms with Crippen LogP contribution in [0.5, 0.6) is 0 Å². The van der Waals surface area contributed by atoms with Gasteiger partial charge in [0.25, 0.3) is 0 Å². The van der Waals surface area contributed by atoms with E-state index in [4.69, 9.17) is 20.5 Å². The molecule has 0 saturated carbocycles. The second-order valence-corrected chi connectivity index (χ2v) is 6.38. The first-order chi connectivity index (χ1) is 8.26. The number of halogens is 1. The second-order valence-electron chi connectivity index (χ2n) is 4.01. The third-order valence-corrected chi connectivity index (χ3v) is 4.56. The Kier molecular flexibility index (Phi) is 7.52. The Balaban J connectivity index is 2.51. The van der Waals surface area contributed by atoms with Gasteiger partial charge in [-0.15, -0.1) is 0 Å². The van der Waals surface area contributed by atoms with Gasteiger partial charge in [0.2, 0.25) is 0 Å². The second kappa shape index (κ2) is 8.70. The van der Waals surface area contributed by atoms with Crippen molar-refractivity contribution in [2.45, 2.75) is 32.7 Å². The molecule has 2 nitrogen and oxygen atoms in total. The summed E-state index contributed by atoms with van der Waals surface area (Å²) >= 11 is 5.97. The lowest BCUT2D eigenvalue weighted by atomic mass is 10.2. The van der Waals surface area contributed by atoms with Crippen LogP contribution in [0.4, 0.5) is 0 Å². The summed E-state index contributed by atoms with van der Waals surface area (Å²) in [6.07, 6.45) is 2.07. The Labute approximate surface area is 111 Å². The predicted molar refractivity (Wildman–Crippen MR) is 74.8 cm³/mol. The maximum atomic E-state index is 5.97. The lowest BCUT2D eigenvalue weighted by Crippen LogP contribution is -2.27. The fraction of sp³-hybridized carbons (Fsp3) is 0.538. The highest BCUT2D eigenvalue weighted by Crippen LogP contribution is 2.13. The maximum Gasteiger partial charge on any atom is 0.325 e. The molecule has 0 amide bonds. The zero-order chi connectivity index (χ0) is 12.5. The van der Waals surface area contributed by atoms with Crippen LogP contribution in [0.2, 0.25) is 5.02 Å². The molecular formula is C13H21ClO2Si. The molecule has 96 valence electrons. The van der Waals surface area contributed by atoms with Crippen molar-refractivity contribution < 1.29 is 8.85 Å². The van der Waals surface area contributed by atoms with Gasteiger partial charge in [-0.25, -0.2) is 0 Å². The lowest BCUT2D eigenvalue weighted by Gasteiger charge is -2.16. The van der Waals surface area contributed by atoms with Crippen molar-refractivity contribution >= 4 is 20.9 Å². The van der Waals surface area contributed by atoms with Gasteiger partial charge in [0.15, 0.2) is 0 Å². The highest BCUT2D eigenvalue weighted by atomic mass is 35.5. The molecule has 17 heavy (non-hydrogen) atoms. The summed E-state index contributed by atoms with van der Waals surface area (Å²) in [6, 6.07) is 8.83. The van der Waals surface area contributed by atoms with Gasteiger partial charge >= 0.3 is 9.28 Å². The van der Waals surface area contributed by atoms with Crippen molar-refractivity contribution in [3.8, 4) is 0 Å². The van der Waals surface area contributed by atoms with E-state index < -0.39 is 9.28 Å². The molecule has 0 aliphatic rings. The van der Waals surface area contributed by atoms with E-state index in [-0.39, 0.29) is 0 Å². The van der Waals surface area contributed by atoms with E-state index in [0.717, 1.165) is 37.1 Å². The zero-order valence-corrected chi connectivity index (χ0v) is 12.5. The summed E-state index contributed by atoms with van der Waals surface area (Å²) in [6.45, 7) is 5.82. The minimum absolute atomic E-state index is 0.779. The van der Waals surface area contributed by atoms with E-state index >= 15 is 0 Å². The summed E-state index contributed by atoms with van der Waals surface area (Å²) in [5.41, 5.74) is 1.21. The van der Waals surface area contributed by atoms with Crippen molar-refractivity contribution in [3.05, 3.63) is 34.9 Å². The van der Waals surface area contributed by atoms with Crippen LogP contribution in [-0.4, -0.2) is 22.5 Å². The molecule has 1 aromatic carbocycles. The average molecular weight is 273 g/mol. The van der Waals surface area contributed by atoms with Gasteiger partial charge in [-0.05, 0) is 30.5 Å². The molecule has 0 N–H and O–H groups in total. The van der Waals surface area contributed by atoms with Gasteiger partial charge in [0.05, 0.1) is 0 Å². The van der Waals surface area contributed by atoms with Gasteiger partial charge in [0.1, 0.15) is 0 Å². The van der Waals surface area contributed by atoms with Crippen molar-refractivity contribution in [1.29, 1.82) is 0 Å². The SMILES string of the molecule is CCCO[SiH](Cc1cccc(Cl)c1)OCCC. The fourth-order valence-electron chi connectivity index (χ4n) is 1.52. The zero-order valence-electron chi connectivity index (χ0n) is 10.6. The highest BCUT2D eigenvalue weighted by molar-refractivity contribution is 6.43. The quantitative estimate of drug-likeness (QED) is 0.675. The number of benzene rings is 1. The standard InChI is InChI=1S/C13H21ClO2Si/c1-3-8-15-17(16-9-4-2)11-12-6-5-7-13(14)10-12/h5-7,10,17H,3-4,8-9,11H2,1-2H3. The molecular weight excluding hydrogens is 252 g/mol. The molecule has 0 bridgehead atoms. The first kappa shape index (κ1) is 14.7. The minimum Gasteiger partial charge on any atom is -0.396 e. The van der Waals surface area contributed by atoms with Gasteiger partial charge in [-0.3, -0.25) is 0 Å². The molecule has 0 aromatic heterocycles. The van der Waals surface area contributed by atoms with Gasteiger partial charge < -0.3 is 8.85 Å². The molecule has 0 saturated heterocycles. The van der Waals surface area contributed by atoms with Gasteiger partial charge in [0, 0.05) is 24.3 Å². The predicted octanol–water partition coefficient (Wildman–Crippen LogP) is 3.50. The van der Waals surface area contributed by atoms with Crippen LogP contribution in [0.1, 0.15) is 32.3 Å². The van der Waals surface area contributed by atoms with Crippen molar-refractivity contribution in [2.24, 2.45) is 0 Å². The van der Waals surface area contributed by atoms with E-state index in [0.29, 0.717) is 0 Å². The van der Waals surface area contributed by atoms with Crippen molar-refractivity contribution in [3.63, 3.8) is 0 Å². The number of hydrogen-bond donors (Lipinski definition) is 0. The Morgan fingerprint density at radius 2 is 1.76 bits per heavy atom. The molecule has 0 atom stereocenters. The topological polar surface area (TPSA) is 18.5 Å². The van der Waals surface area contributed by atoms with Crippen LogP contribution in [0.15, 0.2) is 24.3 Å². The summed E-state index contributed by atoms with van der Waals surface area (Å²) in [4.78, 5) is 0. The summed E-state index contributed by atoms with van der Waals surface area (Å²) in [5, 5.41) is 0.779. The van der Waals surface area contributed by atoms with Gasteiger partial charge in [-0.1, -0.05) is 37.6 Å². The third kappa shape index (κ3) is 6.22. The number of hydrogen-bond acceptors (Lipinski definition) is 2. The average Bonchev–Trinajstić information content (AvgIpc) is 2.32. The first-order valence-corrected chi connectivity index (χ1v) is 8.37. The van der Waals surface area contributed by atoms with Crippen LogP contribution < -0.4 is 0 Å². The Bertz CT molecular complexity index is 312. The summed E-state index contributed by atoms with van der Waals surface area (Å²) in [5.74, 6) is 0. The van der Waals surface area contributed by atoms with Crippen LogP contribution in [0.3, 0.4) is 0 Å².